The highest BCUT2D eigenvalue weighted by molar-refractivity contribution is 6.22. The summed E-state index contributed by atoms with van der Waals surface area (Å²) in [6.07, 6.45) is 2.44. The van der Waals surface area contributed by atoms with Crippen LogP contribution in [0.3, 0.4) is 0 Å². The summed E-state index contributed by atoms with van der Waals surface area (Å²) in [5, 5.41) is 10.3. The van der Waals surface area contributed by atoms with E-state index < -0.39 is 39.9 Å². The van der Waals surface area contributed by atoms with E-state index in [9.17, 15) is 23.9 Å². The van der Waals surface area contributed by atoms with Crippen molar-refractivity contribution in [2.45, 2.75) is 69.3 Å². The number of nitrogens with zero attached hydrogens (tertiary/aromatic N) is 1. The molecule has 0 radical (unpaired) electrons. The Morgan fingerprint density at radius 2 is 1.90 bits per heavy atom. The lowest BCUT2D eigenvalue weighted by Crippen LogP contribution is -2.36. The van der Waals surface area contributed by atoms with Crippen molar-refractivity contribution in [2.24, 2.45) is 11.7 Å². The predicted molar refractivity (Wildman–Crippen MR) is 156 cm³/mol. The summed E-state index contributed by atoms with van der Waals surface area (Å²) in [4.78, 5) is 45.2. The number of carbonyl (C=O) groups is 1. The number of hydrogen-bond acceptors (Lipinski definition) is 4. The number of nitrogens with one attached hydrogen (secondary N) is 2. The van der Waals surface area contributed by atoms with Gasteiger partial charge >= 0.3 is 5.69 Å². The number of carbonyl (C=O) groups excluding carboxylic acids is 1. The molecule has 2 heterocycles. The van der Waals surface area contributed by atoms with E-state index in [1.54, 1.807) is 12.1 Å². The van der Waals surface area contributed by atoms with Crippen LogP contribution in [0, 0.1) is 18.7 Å². The Labute approximate surface area is 240 Å². The van der Waals surface area contributed by atoms with E-state index in [4.69, 9.17) is 17.3 Å². The molecule has 2 aliphatic carbocycles. The topological polar surface area (TPSA) is 134 Å². The maximum Gasteiger partial charge on any atom is 0.333 e. The van der Waals surface area contributed by atoms with E-state index in [1.807, 2.05) is 26.8 Å². The molecule has 214 valence electrons. The van der Waals surface area contributed by atoms with E-state index in [2.05, 4.69) is 9.97 Å². The Hall–Kier alpha value is -3.69. The maximum absolute atomic E-state index is 14.4. The van der Waals surface area contributed by atoms with Crippen LogP contribution in [-0.2, 0) is 17.6 Å². The monoisotopic (exact) mass is 578 g/mol. The van der Waals surface area contributed by atoms with Crippen LogP contribution in [0.25, 0.3) is 16.6 Å². The molecule has 0 saturated carbocycles. The number of alkyl halides is 1. The Bertz CT molecular complexity index is 1830. The normalized spacial score (nSPS) is 22.4. The van der Waals surface area contributed by atoms with Crippen molar-refractivity contribution in [3.05, 3.63) is 96.7 Å². The summed E-state index contributed by atoms with van der Waals surface area (Å²) in [7, 11) is 0. The quantitative estimate of drug-likeness (QED) is 0.272. The molecule has 4 aromatic rings. The minimum Gasteiger partial charge on any atom is -0.390 e. The lowest BCUT2D eigenvalue weighted by atomic mass is 9.71. The van der Waals surface area contributed by atoms with Crippen molar-refractivity contribution in [1.82, 2.24) is 14.5 Å². The molecule has 6 rings (SSSR count). The summed E-state index contributed by atoms with van der Waals surface area (Å²) in [6.45, 7) is 5.46. The van der Waals surface area contributed by atoms with E-state index in [0.29, 0.717) is 30.5 Å². The molecule has 0 saturated heterocycles. The molecular weight excluding hydrogens is 547 g/mol. The van der Waals surface area contributed by atoms with E-state index in [0.717, 1.165) is 39.1 Å². The number of halogens is 2. The number of hydrogen-bond donors (Lipinski definition) is 4. The fourth-order valence-corrected chi connectivity index (χ4v) is 7.34. The molecule has 0 spiro atoms. The number of benzene rings is 2. The van der Waals surface area contributed by atoms with Crippen LogP contribution < -0.4 is 17.0 Å². The summed E-state index contributed by atoms with van der Waals surface area (Å²) in [5.74, 6) is -2.01. The van der Waals surface area contributed by atoms with E-state index in [1.165, 1.54) is 18.2 Å². The van der Waals surface area contributed by atoms with Gasteiger partial charge < -0.3 is 20.8 Å². The number of rotatable bonds is 4. The molecule has 0 fully saturated rings. The van der Waals surface area contributed by atoms with Crippen molar-refractivity contribution in [2.75, 3.05) is 0 Å². The number of aromatic amines is 2. The van der Waals surface area contributed by atoms with E-state index in [-0.39, 0.29) is 22.7 Å². The average molecular weight is 579 g/mol. The Kier molecular flexibility index (Phi) is 6.50. The second-order valence-electron chi connectivity index (χ2n) is 11.9. The number of primary amides is 1. The highest BCUT2D eigenvalue weighted by atomic mass is 35.5. The van der Waals surface area contributed by atoms with Crippen LogP contribution in [0.2, 0.25) is 0 Å². The summed E-state index contributed by atoms with van der Waals surface area (Å²) < 4.78 is 15.4. The van der Waals surface area contributed by atoms with Crippen molar-refractivity contribution >= 4 is 28.4 Å². The minimum absolute atomic E-state index is 0.0498. The summed E-state index contributed by atoms with van der Waals surface area (Å²) in [5.41, 5.74) is 9.11. The summed E-state index contributed by atoms with van der Waals surface area (Å²) in [6, 6.07) is 9.47. The first kappa shape index (κ1) is 27.5. The second-order valence-corrected chi connectivity index (χ2v) is 12.5. The molecule has 2 aliphatic rings. The average Bonchev–Trinajstić information content (AvgIpc) is 3.28. The Morgan fingerprint density at radius 3 is 2.61 bits per heavy atom. The van der Waals surface area contributed by atoms with Crippen molar-refractivity contribution in [3.8, 4) is 5.69 Å². The fraction of sp³-hybridized carbons (Fsp3) is 0.387. The molecule has 0 bridgehead atoms. The fourth-order valence-electron chi connectivity index (χ4n) is 6.90. The van der Waals surface area contributed by atoms with Gasteiger partial charge in [0.25, 0.3) is 5.56 Å². The largest absolute Gasteiger partial charge is 0.390 e. The van der Waals surface area contributed by atoms with Gasteiger partial charge in [0, 0.05) is 22.7 Å². The first-order valence-electron chi connectivity index (χ1n) is 13.8. The molecule has 2 aromatic heterocycles. The molecule has 0 aliphatic heterocycles. The molecule has 1 amide bonds. The van der Waals surface area contributed by atoms with Gasteiger partial charge in [-0.2, -0.15) is 0 Å². The Balaban J connectivity index is 1.54. The number of nitrogens with two attached hydrogens (primary N) is 1. The standard InChI is InChI=1S/C31H32ClFN4O4/c1-14-16(6-5-9-23(14)37-29(39)18-7-4-8-21(33)26(18)36-30(37)40)24-20(32)13-19(28(34)38)27-25(24)17-11-10-15(31(2,3)41)12-22(17)35-27/h4-9,15,19-20,24,35,41H,10-13H2,1-3H3,(H2,34,38)(H,36,40). The second kappa shape index (κ2) is 9.70. The van der Waals surface area contributed by atoms with Gasteiger partial charge in [0.05, 0.1) is 28.1 Å². The molecule has 4 unspecified atom stereocenters. The zero-order valence-electron chi connectivity index (χ0n) is 23.1. The van der Waals surface area contributed by atoms with Gasteiger partial charge in [-0.15, -0.1) is 11.6 Å². The van der Waals surface area contributed by atoms with Crippen molar-refractivity contribution in [3.63, 3.8) is 0 Å². The van der Waals surface area contributed by atoms with Crippen LogP contribution in [0.15, 0.2) is 46.0 Å². The Morgan fingerprint density at radius 1 is 1.17 bits per heavy atom. The number of aromatic nitrogens is 3. The van der Waals surface area contributed by atoms with Crippen LogP contribution in [-0.4, -0.2) is 36.5 Å². The van der Waals surface area contributed by atoms with E-state index >= 15 is 0 Å². The summed E-state index contributed by atoms with van der Waals surface area (Å²) >= 11 is 7.07. The molecule has 8 nitrogen and oxygen atoms in total. The lowest BCUT2D eigenvalue weighted by molar-refractivity contribution is -0.119. The first-order chi connectivity index (χ1) is 19.4. The van der Waals surface area contributed by atoms with Gasteiger partial charge in [-0.25, -0.2) is 13.8 Å². The lowest BCUT2D eigenvalue weighted by Gasteiger charge is -2.35. The van der Waals surface area contributed by atoms with Gasteiger partial charge in [-0.1, -0.05) is 18.2 Å². The van der Waals surface area contributed by atoms with Crippen LogP contribution in [0.1, 0.15) is 72.2 Å². The molecule has 2 aromatic carbocycles. The molecule has 41 heavy (non-hydrogen) atoms. The zero-order chi connectivity index (χ0) is 29.4. The van der Waals surface area contributed by atoms with Gasteiger partial charge in [-0.3, -0.25) is 9.59 Å². The highest BCUT2D eigenvalue weighted by Crippen LogP contribution is 2.50. The zero-order valence-corrected chi connectivity index (χ0v) is 23.8. The highest BCUT2D eigenvalue weighted by Gasteiger charge is 2.43. The first-order valence-corrected chi connectivity index (χ1v) is 14.2. The molecule has 4 atom stereocenters. The number of aliphatic hydroxyl groups is 1. The van der Waals surface area contributed by atoms with Crippen LogP contribution in [0.5, 0.6) is 0 Å². The van der Waals surface area contributed by atoms with Gasteiger partial charge in [0.15, 0.2) is 0 Å². The van der Waals surface area contributed by atoms with Gasteiger partial charge in [0.2, 0.25) is 5.91 Å². The predicted octanol–water partition coefficient (Wildman–Crippen LogP) is 4.04. The molecular formula is C31H32ClFN4O4. The minimum atomic E-state index is -0.852. The van der Waals surface area contributed by atoms with Gasteiger partial charge in [0.1, 0.15) is 5.82 Å². The molecule has 5 N–H and O–H groups in total. The van der Waals surface area contributed by atoms with Crippen molar-refractivity contribution < 1.29 is 14.3 Å². The third-order valence-electron chi connectivity index (χ3n) is 9.09. The van der Waals surface area contributed by atoms with Crippen LogP contribution in [0.4, 0.5) is 4.39 Å². The maximum atomic E-state index is 14.4. The number of fused-ring (bicyclic) bond motifs is 4. The number of amides is 1. The third kappa shape index (κ3) is 4.33. The molecule has 10 heteroatoms. The van der Waals surface area contributed by atoms with Crippen LogP contribution >= 0.6 is 11.6 Å². The van der Waals surface area contributed by atoms with Gasteiger partial charge in [-0.05, 0) is 92.8 Å². The number of para-hydroxylation sites is 1. The SMILES string of the molecule is Cc1c(C2c3c([nH]c4c3CCC(C(C)(C)O)C4)C(C(N)=O)CC2Cl)cccc1-n1c(=O)[nH]c2c(F)cccc2c1=O. The third-order valence-corrected chi connectivity index (χ3v) is 9.52. The smallest absolute Gasteiger partial charge is 0.333 e. The number of H-pyrrole nitrogens is 2. The van der Waals surface area contributed by atoms with Crippen molar-refractivity contribution in [1.29, 1.82) is 0 Å².